The monoisotopic (exact) mass is 1270 g/mol. The molecule has 8 rings (SSSR count). The van der Waals surface area contributed by atoms with Gasteiger partial charge in [-0.1, -0.05) is 37.3 Å². The zero-order valence-corrected chi connectivity index (χ0v) is 50.0. The van der Waals surface area contributed by atoms with Gasteiger partial charge in [0.2, 0.25) is 41.4 Å². The molecule has 91 heavy (non-hydrogen) atoms. The Morgan fingerprint density at radius 1 is 0.736 bits per heavy atom. The van der Waals surface area contributed by atoms with Crippen LogP contribution in [-0.2, 0) is 108 Å². The molecule has 0 saturated heterocycles. The molecule has 0 spiro atoms. The maximum atomic E-state index is 15.5. The Bertz CT molecular complexity index is 3560. The number of pyridine rings is 2. The first kappa shape index (κ1) is 67.6. The van der Waals surface area contributed by atoms with Crippen molar-refractivity contribution in [1.29, 1.82) is 0 Å². The Kier molecular flexibility index (Phi) is 23.3. The molecule has 0 radical (unpaired) electrons. The number of carboxylic acid groups (broad SMARTS) is 1. The number of nitrogens with zero attached hydrogens (tertiary/aromatic N) is 3. The van der Waals surface area contributed by atoms with E-state index in [4.69, 9.17) is 28.7 Å². The molecule has 4 aromatic rings. The molecule has 9 N–H and O–H groups in total. The number of aromatic nitrogens is 2. The summed E-state index contributed by atoms with van der Waals surface area (Å²) in [4.78, 5) is 159. The number of halogens is 1. The predicted molar refractivity (Wildman–Crippen MR) is 315 cm³/mol. The highest BCUT2D eigenvalue weighted by Gasteiger charge is 2.46. The van der Waals surface area contributed by atoms with Gasteiger partial charge in [0.15, 0.2) is 5.60 Å². The summed E-state index contributed by atoms with van der Waals surface area (Å²) in [6.07, 6.45) is 1.71. The molecule has 5 heterocycles. The number of esters is 1. The number of hydrogen-bond acceptors (Lipinski definition) is 19. The summed E-state index contributed by atoms with van der Waals surface area (Å²) in [7, 11) is 0. The van der Waals surface area contributed by atoms with Crippen LogP contribution in [0.5, 0.6) is 0 Å². The molecule has 1 aliphatic carbocycles. The zero-order chi connectivity index (χ0) is 65.4. The van der Waals surface area contributed by atoms with E-state index in [0.717, 1.165) is 17.1 Å². The van der Waals surface area contributed by atoms with Gasteiger partial charge in [0.05, 0.1) is 114 Å². The normalized spacial score (nSPS) is 16.6. The van der Waals surface area contributed by atoms with Gasteiger partial charge in [0.25, 0.3) is 17.4 Å². The number of aryl methyl sites for hydroxylation is 1. The van der Waals surface area contributed by atoms with Crippen molar-refractivity contribution in [2.24, 2.45) is 0 Å². The maximum absolute atomic E-state index is 15.5. The lowest BCUT2D eigenvalue weighted by Crippen LogP contribution is -2.53. The number of aliphatic carboxylic acids is 1. The number of carboxylic acids is 1. The van der Waals surface area contributed by atoms with Gasteiger partial charge < -0.3 is 75.7 Å². The first-order chi connectivity index (χ1) is 43.7. The van der Waals surface area contributed by atoms with E-state index in [-0.39, 0.29) is 127 Å². The Balaban J connectivity index is 0.745. The van der Waals surface area contributed by atoms with Crippen molar-refractivity contribution in [3.05, 3.63) is 110 Å². The molecule has 2 aromatic carbocycles. The lowest BCUT2D eigenvalue weighted by atomic mass is 9.81. The van der Waals surface area contributed by atoms with Crippen LogP contribution in [0.25, 0.3) is 22.3 Å². The van der Waals surface area contributed by atoms with Crippen molar-refractivity contribution in [1.82, 2.24) is 51.7 Å². The standard InChI is InChI=1S/C61H71FN10O19/c1-3-61(86)39-26-45-56-37(32-72(45)59(84)38(39)33-91-60(61)85)55-41(10-9-36-34(2)40(62)27-42(70-56)54(36)55)67-50(77)31-66-57(82)43(25-35-7-5-4-6-8-35)69-49(76)30-64-48(75)29-65-58(83)44(28-53(80)81)68-47(74)14-17-87-19-21-89-23-24-90-22-20-88-18-15-63-46(73)13-16-71-51(78)11-12-52(71)79/h4-8,11-12,26-27,41,43-44,86H,3,9-10,13-25,28-33H2,1-2H3,(H,63,73)(H,64,75)(H,65,83)(H,66,82)(H,67,77)(H,68,74)(H,69,76)(H,80,81)/t41-,43-,44-,61-/m0/s1. The number of rotatable bonds is 34. The molecule has 486 valence electrons. The second-order valence-electron chi connectivity index (χ2n) is 21.7. The number of aliphatic hydroxyl groups is 1. The molecule has 0 saturated carbocycles. The minimum absolute atomic E-state index is 0.000905. The molecule has 0 fully saturated rings. The van der Waals surface area contributed by atoms with E-state index in [9.17, 15) is 67.7 Å². The largest absolute Gasteiger partial charge is 0.481 e. The van der Waals surface area contributed by atoms with Crippen molar-refractivity contribution in [3.63, 3.8) is 0 Å². The van der Waals surface area contributed by atoms with Crippen molar-refractivity contribution >= 4 is 76.0 Å². The van der Waals surface area contributed by atoms with Crippen LogP contribution < -0.4 is 42.8 Å². The number of fused-ring (bicyclic) bond motifs is 5. The quantitative estimate of drug-likeness (QED) is 0.0129. The van der Waals surface area contributed by atoms with E-state index in [2.05, 4.69) is 37.2 Å². The van der Waals surface area contributed by atoms with Gasteiger partial charge in [-0.3, -0.25) is 57.6 Å². The molecule has 3 aliphatic heterocycles. The van der Waals surface area contributed by atoms with Gasteiger partial charge in [0, 0.05) is 67.1 Å². The van der Waals surface area contributed by atoms with Crippen LogP contribution in [0.15, 0.2) is 59.4 Å². The molecule has 4 atom stereocenters. The smallest absolute Gasteiger partial charge is 0.343 e. The summed E-state index contributed by atoms with van der Waals surface area (Å²) in [6.45, 7) is 2.48. The third-order valence-corrected chi connectivity index (χ3v) is 15.6. The average molecular weight is 1270 g/mol. The van der Waals surface area contributed by atoms with Gasteiger partial charge in [-0.2, -0.15) is 0 Å². The van der Waals surface area contributed by atoms with Gasteiger partial charge in [-0.05, 0) is 54.5 Å². The third-order valence-electron chi connectivity index (χ3n) is 15.6. The second kappa shape index (κ2) is 31.4. The molecule has 29 nitrogen and oxygen atoms in total. The van der Waals surface area contributed by atoms with Crippen LogP contribution in [0.4, 0.5) is 4.39 Å². The van der Waals surface area contributed by atoms with Crippen molar-refractivity contribution in [2.45, 2.75) is 95.7 Å². The van der Waals surface area contributed by atoms with Gasteiger partial charge in [-0.25, -0.2) is 14.2 Å². The van der Waals surface area contributed by atoms with E-state index < -0.39 is 120 Å². The zero-order valence-electron chi connectivity index (χ0n) is 50.0. The van der Waals surface area contributed by atoms with Gasteiger partial charge in [0.1, 0.15) is 24.5 Å². The molecule has 30 heteroatoms. The Morgan fingerprint density at radius 2 is 1.36 bits per heavy atom. The number of nitrogens with one attached hydrogen (secondary N) is 7. The SMILES string of the molecule is CC[C@@]1(O)C(=O)OCc2c1cc1n(c2=O)Cc2c-1nc1cc(F)c(C)c3c1c2[C@@H](NC(=O)CNC(=O)[C@H](Cc1ccccc1)NC(=O)CNC(=O)CNC(=O)[C@H](CC(=O)O)NC(=O)CCOCCOCCOCCOCCNC(=O)CCN1C(=O)C=CC1=O)CC3. The number of imide groups is 1. The first-order valence-corrected chi connectivity index (χ1v) is 29.6. The van der Waals surface area contributed by atoms with Crippen molar-refractivity contribution < 1.29 is 91.0 Å². The minimum Gasteiger partial charge on any atom is -0.481 e. The van der Waals surface area contributed by atoms with Crippen molar-refractivity contribution in [2.75, 3.05) is 85.6 Å². The third kappa shape index (κ3) is 17.1. The van der Waals surface area contributed by atoms with Crippen LogP contribution in [0, 0.1) is 12.7 Å². The number of carbonyl (C=O) groups is 11. The fourth-order valence-corrected chi connectivity index (χ4v) is 10.9. The minimum atomic E-state index is -2.09. The highest BCUT2D eigenvalue weighted by Crippen LogP contribution is 2.46. The lowest BCUT2D eigenvalue weighted by Gasteiger charge is -2.31. The first-order valence-electron chi connectivity index (χ1n) is 29.6. The summed E-state index contributed by atoms with van der Waals surface area (Å²) in [5.74, 6) is -8.89. The second-order valence-corrected chi connectivity index (χ2v) is 21.7. The number of ether oxygens (including phenoxy) is 5. The molecule has 2 aromatic heterocycles. The highest BCUT2D eigenvalue weighted by molar-refractivity contribution is 6.13. The number of cyclic esters (lactones) is 1. The maximum Gasteiger partial charge on any atom is 0.343 e. The average Bonchev–Trinajstić information content (AvgIpc) is 1.63. The summed E-state index contributed by atoms with van der Waals surface area (Å²) < 4.78 is 43.8. The molecule has 0 unspecified atom stereocenters. The predicted octanol–water partition coefficient (Wildman–Crippen LogP) is -1.45. The summed E-state index contributed by atoms with van der Waals surface area (Å²) >= 11 is 0. The summed E-state index contributed by atoms with van der Waals surface area (Å²) in [5, 5.41) is 39.1. The lowest BCUT2D eigenvalue weighted by molar-refractivity contribution is -0.172. The summed E-state index contributed by atoms with van der Waals surface area (Å²) in [6, 6.07) is 7.86. The van der Waals surface area contributed by atoms with Gasteiger partial charge in [-0.15, -0.1) is 0 Å². The molecular formula is C61H71FN10O19. The highest BCUT2D eigenvalue weighted by atomic mass is 19.1. The fourth-order valence-electron chi connectivity index (χ4n) is 10.9. The molecule has 0 bridgehead atoms. The number of carbonyl (C=O) groups excluding carboxylic acids is 10. The van der Waals surface area contributed by atoms with E-state index >= 15 is 4.39 Å². The van der Waals surface area contributed by atoms with E-state index in [1.807, 2.05) is 0 Å². The van der Waals surface area contributed by atoms with Crippen LogP contribution in [0.2, 0.25) is 0 Å². The molecule has 4 aliphatic rings. The fraction of sp³-hybridized carbons (Fsp3) is 0.459. The van der Waals surface area contributed by atoms with Crippen LogP contribution in [0.3, 0.4) is 0 Å². The number of amides is 9. The Labute approximate surface area is 519 Å². The number of hydrogen-bond donors (Lipinski definition) is 9. The Morgan fingerprint density at radius 3 is 2.03 bits per heavy atom. The van der Waals surface area contributed by atoms with E-state index in [1.165, 1.54) is 16.7 Å². The van der Waals surface area contributed by atoms with E-state index in [0.29, 0.717) is 57.4 Å². The van der Waals surface area contributed by atoms with Crippen LogP contribution in [0.1, 0.15) is 84.0 Å². The van der Waals surface area contributed by atoms with Crippen LogP contribution in [-0.4, -0.2) is 187 Å². The molecular weight excluding hydrogens is 1200 g/mol. The van der Waals surface area contributed by atoms with Crippen molar-refractivity contribution in [3.8, 4) is 11.4 Å². The van der Waals surface area contributed by atoms with Gasteiger partial charge >= 0.3 is 11.9 Å². The van der Waals surface area contributed by atoms with Crippen LogP contribution >= 0.6 is 0 Å². The molecule has 9 amide bonds. The topological polar surface area (TPSA) is 397 Å². The number of benzene rings is 2. The Hall–Kier alpha value is -9.36. The van der Waals surface area contributed by atoms with E-state index in [1.54, 1.807) is 44.2 Å². The summed E-state index contributed by atoms with van der Waals surface area (Å²) in [5.41, 5.74) is 1.34.